The Kier molecular flexibility index (Phi) is 7.74. The van der Waals surface area contributed by atoms with E-state index in [0.29, 0.717) is 0 Å². The molecule has 1 aromatic rings. The van der Waals surface area contributed by atoms with Gasteiger partial charge in [-0.15, -0.1) is 11.8 Å². The van der Waals surface area contributed by atoms with E-state index >= 15 is 0 Å². The molecule has 0 bridgehead atoms. The summed E-state index contributed by atoms with van der Waals surface area (Å²) < 4.78 is 0. The van der Waals surface area contributed by atoms with Crippen LogP contribution in [-0.4, -0.2) is 26.9 Å². The fourth-order valence-corrected chi connectivity index (χ4v) is 3.55. The number of aliphatic hydroxyl groups is 3. The van der Waals surface area contributed by atoms with Gasteiger partial charge in [-0.05, 0) is 37.0 Å². The second-order valence-electron chi connectivity index (χ2n) is 5.88. The normalized spacial score (nSPS) is 15.0. The molecule has 0 fully saturated rings. The van der Waals surface area contributed by atoms with E-state index in [9.17, 15) is 15.3 Å². The van der Waals surface area contributed by atoms with Gasteiger partial charge in [-0.3, -0.25) is 0 Å². The maximum Gasteiger partial charge on any atom is 0.162 e. The lowest BCUT2D eigenvalue weighted by molar-refractivity contribution is -0.166. The Morgan fingerprint density at radius 3 is 2.52 bits per heavy atom. The highest BCUT2D eigenvalue weighted by molar-refractivity contribution is 7.99. The third-order valence-corrected chi connectivity index (χ3v) is 4.81. The molecule has 3 N–H and O–H groups in total. The predicted molar refractivity (Wildman–Crippen MR) is 88.3 cm³/mol. The Hall–Kier alpha value is -0.550. The lowest BCUT2D eigenvalue weighted by Crippen LogP contribution is -2.25. The third-order valence-electron chi connectivity index (χ3n) is 3.58. The first-order valence-corrected chi connectivity index (χ1v) is 8.69. The minimum Gasteiger partial charge on any atom is -0.388 e. The highest BCUT2D eigenvalue weighted by Crippen LogP contribution is 2.29. The van der Waals surface area contributed by atoms with Crippen molar-refractivity contribution in [2.45, 2.75) is 63.2 Å². The van der Waals surface area contributed by atoms with Crippen LogP contribution in [0.2, 0.25) is 0 Å². The maximum absolute atomic E-state index is 10.1. The number of thioether (sulfide) groups is 1. The topological polar surface area (TPSA) is 60.7 Å². The minimum atomic E-state index is -1.85. The molecule has 3 nitrogen and oxygen atoms in total. The standard InChI is InChI=1S/C17H28O3S/c1-4-7-13(5-2)12-21-15-9-6-8-14(10-15)16(18)11-17(3,19)20/h6,8-10,13,16,18-20H,4-5,7,11-12H2,1-3H3. The molecule has 0 saturated heterocycles. The zero-order chi connectivity index (χ0) is 15.9. The summed E-state index contributed by atoms with van der Waals surface area (Å²) in [5.74, 6) is -0.0368. The Morgan fingerprint density at radius 1 is 1.24 bits per heavy atom. The van der Waals surface area contributed by atoms with Crippen LogP contribution in [0.5, 0.6) is 0 Å². The van der Waals surface area contributed by atoms with Crippen LogP contribution in [-0.2, 0) is 0 Å². The Morgan fingerprint density at radius 2 is 1.95 bits per heavy atom. The van der Waals surface area contributed by atoms with Crippen molar-refractivity contribution in [3.8, 4) is 0 Å². The van der Waals surface area contributed by atoms with Crippen LogP contribution in [0.4, 0.5) is 0 Å². The van der Waals surface area contributed by atoms with Gasteiger partial charge in [0.25, 0.3) is 0 Å². The molecule has 1 aromatic carbocycles. The third kappa shape index (κ3) is 7.32. The molecule has 0 aliphatic heterocycles. The highest BCUT2D eigenvalue weighted by Gasteiger charge is 2.22. The lowest BCUT2D eigenvalue weighted by atomic mass is 10.0. The predicted octanol–water partition coefficient (Wildman–Crippen LogP) is 3.73. The molecule has 0 saturated carbocycles. The molecule has 0 spiro atoms. The molecule has 0 aromatic heterocycles. The maximum atomic E-state index is 10.1. The molecular weight excluding hydrogens is 284 g/mol. The molecular formula is C17H28O3S. The van der Waals surface area contributed by atoms with E-state index in [1.165, 1.54) is 26.2 Å². The Balaban J connectivity index is 2.63. The van der Waals surface area contributed by atoms with Gasteiger partial charge in [0.1, 0.15) is 0 Å². The van der Waals surface area contributed by atoms with E-state index in [0.717, 1.165) is 22.1 Å². The van der Waals surface area contributed by atoms with Gasteiger partial charge >= 0.3 is 0 Å². The zero-order valence-corrected chi connectivity index (χ0v) is 14.1. The van der Waals surface area contributed by atoms with E-state index in [4.69, 9.17) is 0 Å². The van der Waals surface area contributed by atoms with Crippen LogP contribution >= 0.6 is 11.8 Å². The molecule has 4 heteroatoms. The van der Waals surface area contributed by atoms with Crippen LogP contribution < -0.4 is 0 Å². The van der Waals surface area contributed by atoms with E-state index in [1.807, 2.05) is 24.3 Å². The number of aliphatic hydroxyl groups excluding tert-OH is 1. The first-order valence-electron chi connectivity index (χ1n) is 7.71. The van der Waals surface area contributed by atoms with Gasteiger partial charge in [0.2, 0.25) is 0 Å². The quantitative estimate of drug-likeness (QED) is 0.480. The molecule has 0 amide bonds. The van der Waals surface area contributed by atoms with Gasteiger partial charge < -0.3 is 15.3 Å². The average molecular weight is 312 g/mol. The Labute approximate surface area is 132 Å². The van der Waals surface area contributed by atoms with Crippen molar-refractivity contribution in [1.82, 2.24) is 0 Å². The number of hydrogen-bond acceptors (Lipinski definition) is 4. The largest absolute Gasteiger partial charge is 0.388 e. The van der Waals surface area contributed by atoms with E-state index < -0.39 is 11.9 Å². The van der Waals surface area contributed by atoms with E-state index in [2.05, 4.69) is 13.8 Å². The fraction of sp³-hybridized carbons (Fsp3) is 0.647. The number of rotatable bonds is 9. The summed E-state index contributed by atoms with van der Waals surface area (Å²) in [5, 5.41) is 28.8. The Bertz CT molecular complexity index is 415. The summed E-state index contributed by atoms with van der Waals surface area (Å²) in [4.78, 5) is 1.12. The van der Waals surface area contributed by atoms with Crippen LogP contribution in [0.1, 0.15) is 58.1 Å². The van der Waals surface area contributed by atoms with Crippen LogP contribution in [0.3, 0.4) is 0 Å². The van der Waals surface area contributed by atoms with Crippen molar-refractivity contribution >= 4 is 11.8 Å². The van der Waals surface area contributed by atoms with Crippen LogP contribution in [0.15, 0.2) is 29.2 Å². The average Bonchev–Trinajstić information content (AvgIpc) is 2.42. The summed E-state index contributed by atoms with van der Waals surface area (Å²) in [6.07, 6.45) is 2.70. The van der Waals surface area contributed by atoms with Crippen LogP contribution in [0, 0.1) is 5.92 Å². The van der Waals surface area contributed by atoms with Gasteiger partial charge in [-0.25, -0.2) is 0 Å². The molecule has 120 valence electrons. The molecule has 0 aliphatic rings. The molecule has 2 unspecified atom stereocenters. The lowest BCUT2D eigenvalue weighted by Gasteiger charge is -2.20. The SMILES string of the molecule is CCCC(CC)CSc1cccc(C(O)CC(C)(O)O)c1. The van der Waals surface area contributed by atoms with Crippen LogP contribution in [0.25, 0.3) is 0 Å². The molecule has 21 heavy (non-hydrogen) atoms. The van der Waals surface area contributed by atoms with Crippen molar-refractivity contribution in [1.29, 1.82) is 0 Å². The van der Waals surface area contributed by atoms with Crippen molar-refractivity contribution in [2.75, 3.05) is 5.75 Å². The van der Waals surface area contributed by atoms with Gasteiger partial charge in [-0.2, -0.15) is 0 Å². The van der Waals surface area contributed by atoms with Gasteiger partial charge in [0, 0.05) is 17.1 Å². The summed E-state index contributed by atoms with van der Waals surface area (Å²) in [7, 11) is 0. The summed E-state index contributed by atoms with van der Waals surface area (Å²) >= 11 is 1.81. The molecule has 0 aliphatic carbocycles. The molecule has 0 radical (unpaired) electrons. The zero-order valence-electron chi connectivity index (χ0n) is 13.2. The molecule has 1 rings (SSSR count). The minimum absolute atomic E-state index is 0.0888. The van der Waals surface area contributed by atoms with Gasteiger partial charge in [0.05, 0.1) is 6.10 Å². The summed E-state index contributed by atoms with van der Waals surface area (Å²) in [5.41, 5.74) is 0.734. The fourth-order valence-electron chi connectivity index (χ4n) is 2.32. The van der Waals surface area contributed by atoms with E-state index in [1.54, 1.807) is 11.8 Å². The highest BCUT2D eigenvalue weighted by atomic mass is 32.2. The number of hydrogen-bond donors (Lipinski definition) is 3. The van der Waals surface area contributed by atoms with Gasteiger partial charge in [-0.1, -0.05) is 38.8 Å². The van der Waals surface area contributed by atoms with Crippen molar-refractivity contribution < 1.29 is 15.3 Å². The smallest absolute Gasteiger partial charge is 0.162 e. The van der Waals surface area contributed by atoms with E-state index in [-0.39, 0.29) is 6.42 Å². The van der Waals surface area contributed by atoms with Crippen molar-refractivity contribution in [3.63, 3.8) is 0 Å². The summed E-state index contributed by atoms with van der Waals surface area (Å²) in [6.45, 7) is 5.72. The first kappa shape index (κ1) is 18.5. The van der Waals surface area contributed by atoms with Crippen molar-refractivity contribution in [2.24, 2.45) is 5.92 Å². The number of benzene rings is 1. The summed E-state index contributed by atoms with van der Waals surface area (Å²) in [6, 6.07) is 7.72. The molecule has 2 atom stereocenters. The first-order chi connectivity index (χ1) is 9.85. The van der Waals surface area contributed by atoms with Gasteiger partial charge in [0.15, 0.2) is 5.79 Å². The second kappa shape index (κ2) is 8.79. The monoisotopic (exact) mass is 312 g/mol. The molecule has 0 heterocycles. The second-order valence-corrected chi connectivity index (χ2v) is 6.98. The van der Waals surface area contributed by atoms with Crippen molar-refractivity contribution in [3.05, 3.63) is 29.8 Å².